The number of hydrogen-bond acceptors (Lipinski definition) is 3. The Kier molecular flexibility index (Phi) is 5.03. The highest BCUT2D eigenvalue weighted by atomic mass is 33.1. The summed E-state index contributed by atoms with van der Waals surface area (Å²) in [6.07, 6.45) is 14.8. The van der Waals surface area contributed by atoms with Crippen LogP contribution in [0.5, 0.6) is 0 Å². The fraction of sp³-hybridized carbons (Fsp3) is 0.875. The Bertz CT molecular complexity index is 477. The summed E-state index contributed by atoms with van der Waals surface area (Å²) in [4.78, 5) is 0. The maximum Gasteiger partial charge on any atom is 0.112 e. The van der Waals surface area contributed by atoms with Crippen LogP contribution in [0.15, 0.2) is 0 Å². The second-order valence-electron chi connectivity index (χ2n) is 7.67. The monoisotopic (exact) mass is 408 g/mol. The summed E-state index contributed by atoms with van der Waals surface area (Å²) in [5.41, 5.74) is 0. The molecule has 0 amide bonds. The number of rotatable bonds is 2. The molecule has 4 aliphatic rings. The molecule has 4 rings (SSSR count). The summed E-state index contributed by atoms with van der Waals surface area (Å²) in [5, 5.41) is 0. The van der Waals surface area contributed by atoms with E-state index >= 15 is 0 Å². The largest absolute Gasteiger partial charge is 0.153 e. The Balaban J connectivity index is 1.72. The number of hydrogen-bond donors (Lipinski definition) is 2. The molecule has 0 unspecified atom stereocenters. The molecule has 0 nitrogen and oxygen atoms in total. The van der Waals surface area contributed by atoms with Crippen molar-refractivity contribution in [2.45, 2.75) is 73.7 Å². The first-order valence-electron chi connectivity index (χ1n) is 8.41. The molecule has 4 aliphatic carbocycles. The zero-order valence-corrected chi connectivity index (χ0v) is 17.8. The van der Waals surface area contributed by atoms with E-state index in [1.54, 1.807) is 10.8 Å². The van der Waals surface area contributed by atoms with E-state index in [0.717, 1.165) is 15.4 Å². The van der Waals surface area contributed by atoms with Crippen molar-refractivity contribution in [3.8, 4) is 0 Å². The Morgan fingerprint density at radius 3 is 1.64 bits per heavy atom. The lowest BCUT2D eigenvalue weighted by molar-refractivity contribution is 0.482. The van der Waals surface area contributed by atoms with Gasteiger partial charge in [0.1, 0.15) is 3.53 Å². The lowest BCUT2D eigenvalue weighted by atomic mass is 9.99. The van der Waals surface area contributed by atoms with Crippen molar-refractivity contribution in [2.75, 3.05) is 0 Å². The Labute approximate surface area is 161 Å². The lowest BCUT2D eigenvalue weighted by Gasteiger charge is -2.43. The molecular formula is C16H24S6. The highest BCUT2D eigenvalue weighted by Gasteiger charge is 2.57. The van der Waals surface area contributed by atoms with E-state index in [0.29, 0.717) is 20.0 Å². The number of thiocarbonyl (C=S) groups is 1. The molecule has 0 aromatic carbocycles. The van der Waals surface area contributed by atoms with Gasteiger partial charge in [0, 0.05) is 9.49 Å². The van der Waals surface area contributed by atoms with Crippen LogP contribution in [0.25, 0.3) is 0 Å². The van der Waals surface area contributed by atoms with Crippen molar-refractivity contribution in [3.05, 3.63) is 0 Å². The van der Waals surface area contributed by atoms with Crippen LogP contribution in [0, 0.1) is 11.8 Å². The Morgan fingerprint density at radius 1 is 0.864 bits per heavy atom. The van der Waals surface area contributed by atoms with Gasteiger partial charge in [0.05, 0.1) is 3.53 Å². The van der Waals surface area contributed by atoms with E-state index in [1.807, 2.05) is 10.8 Å². The minimum absolute atomic E-state index is 0.359. The fourth-order valence-corrected chi connectivity index (χ4v) is 14.5. The average molecular weight is 409 g/mol. The molecule has 0 spiro atoms. The molecule has 0 N–H and O–H groups in total. The van der Waals surface area contributed by atoms with Gasteiger partial charge in [-0.15, -0.1) is 25.3 Å². The predicted molar refractivity (Wildman–Crippen MR) is 117 cm³/mol. The van der Waals surface area contributed by atoms with E-state index in [-0.39, 0.29) is 0 Å². The van der Waals surface area contributed by atoms with Gasteiger partial charge in [0.15, 0.2) is 0 Å². The van der Waals surface area contributed by atoms with Crippen molar-refractivity contribution < 1.29 is 0 Å². The van der Waals surface area contributed by atoms with Gasteiger partial charge in [-0.1, -0.05) is 12.2 Å². The third-order valence-corrected chi connectivity index (χ3v) is 14.9. The molecule has 0 radical (unpaired) electrons. The molecule has 0 heterocycles. The molecule has 0 atom stereocenters. The van der Waals surface area contributed by atoms with Crippen molar-refractivity contribution in [2.24, 2.45) is 11.8 Å². The smallest absolute Gasteiger partial charge is 0.112 e. The molecule has 6 heteroatoms. The average Bonchev–Trinajstić information content (AvgIpc) is 3.25. The number of fused-ring (bicyclic) bond motifs is 4. The van der Waals surface area contributed by atoms with Gasteiger partial charge < -0.3 is 0 Å². The van der Waals surface area contributed by atoms with Gasteiger partial charge >= 0.3 is 0 Å². The highest BCUT2D eigenvalue weighted by molar-refractivity contribution is 8.95. The van der Waals surface area contributed by atoms with Gasteiger partial charge in [-0.3, -0.25) is 0 Å². The topological polar surface area (TPSA) is 0 Å². The van der Waals surface area contributed by atoms with Crippen molar-refractivity contribution >= 4 is 76.6 Å². The molecule has 4 bridgehead atoms. The van der Waals surface area contributed by atoms with Crippen LogP contribution < -0.4 is 0 Å². The van der Waals surface area contributed by atoms with E-state index in [9.17, 15) is 0 Å². The van der Waals surface area contributed by atoms with Crippen molar-refractivity contribution in [1.29, 1.82) is 0 Å². The summed E-state index contributed by atoms with van der Waals surface area (Å²) < 4.78 is 3.34. The fourth-order valence-electron chi connectivity index (χ4n) is 5.79. The standard InChI is InChI=1S/C16H24S6/c17-13(18)20-21-14(19)22(15-5-1-11(9-15)2-6-15)16-7-3-12(10-16)4-8-16/h11-12,19H,1-10H2,(H,17,18). The Morgan fingerprint density at radius 2 is 1.32 bits per heavy atom. The first-order valence-corrected chi connectivity index (χ1v) is 13.1. The molecule has 0 saturated heterocycles. The SMILES string of the molecule is S=C(S)SSC(S)=S(C12CCC(CC1)C2)C12CCC(CC1)C2. The third-order valence-electron chi connectivity index (χ3n) is 6.58. The first kappa shape index (κ1) is 17.1. The van der Waals surface area contributed by atoms with E-state index < -0.39 is 0 Å². The minimum Gasteiger partial charge on any atom is -0.153 e. The van der Waals surface area contributed by atoms with Gasteiger partial charge in [-0.05, 0) is 97.6 Å². The zero-order valence-electron chi connectivity index (χ0n) is 12.8. The highest BCUT2D eigenvalue weighted by Crippen LogP contribution is 2.70. The summed E-state index contributed by atoms with van der Waals surface area (Å²) in [6.45, 7) is 0. The van der Waals surface area contributed by atoms with Crippen LogP contribution in [-0.4, -0.2) is 16.6 Å². The van der Waals surface area contributed by atoms with Crippen molar-refractivity contribution in [1.82, 2.24) is 0 Å². The zero-order chi connectivity index (χ0) is 15.4. The lowest BCUT2D eigenvalue weighted by Crippen LogP contribution is -2.34. The van der Waals surface area contributed by atoms with Crippen molar-refractivity contribution in [3.63, 3.8) is 0 Å². The van der Waals surface area contributed by atoms with E-state index in [4.69, 9.17) is 24.8 Å². The van der Waals surface area contributed by atoms with E-state index in [2.05, 4.69) is 12.6 Å². The minimum atomic E-state index is 0.359. The second-order valence-corrected chi connectivity index (χ2v) is 15.6. The van der Waals surface area contributed by atoms with Crippen LogP contribution in [-0.2, 0) is 0 Å². The summed E-state index contributed by atoms with van der Waals surface area (Å²) in [5.74, 6) is 2.05. The van der Waals surface area contributed by atoms with Crippen LogP contribution in [0.4, 0.5) is 0 Å². The molecule has 124 valence electrons. The summed E-state index contributed by atoms with van der Waals surface area (Å²) in [6, 6.07) is 0. The molecule has 0 aliphatic heterocycles. The van der Waals surface area contributed by atoms with Crippen LogP contribution in [0.3, 0.4) is 0 Å². The van der Waals surface area contributed by atoms with Crippen LogP contribution >= 0.6 is 69.5 Å². The van der Waals surface area contributed by atoms with Gasteiger partial charge in [0.2, 0.25) is 0 Å². The second kappa shape index (κ2) is 6.46. The van der Waals surface area contributed by atoms with Crippen LogP contribution in [0.2, 0.25) is 0 Å². The molecular weight excluding hydrogens is 385 g/mol. The maximum atomic E-state index is 5.16. The van der Waals surface area contributed by atoms with Gasteiger partial charge in [0.25, 0.3) is 0 Å². The molecule has 4 saturated carbocycles. The molecule has 4 fully saturated rings. The summed E-state index contributed by atoms with van der Waals surface area (Å²) in [7, 11) is 3.82. The number of thiol groups is 2. The molecule has 22 heavy (non-hydrogen) atoms. The van der Waals surface area contributed by atoms with Crippen LogP contribution in [0.1, 0.15) is 64.2 Å². The Hall–Kier alpha value is 1.71. The first-order chi connectivity index (χ1) is 10.5. The quantitative estimate of drug-likeness (QED) is 0.303. The van der Waals surface area contributed by atoms with E-state index in [1.165, 1.54) is 67.7 Å². The van der Waals surface area contributed by atoms with Gasteiger partial charge in [-0.25, -0.2) is 0 Å². The predicted octanol–water partition coefficient (Wildman–Crippen LogP) is 6.53. The maximum absolute atomic E-state index is 5.16. The molecule has 0 aromatic rings. The molecule has 0 aromatic heterocycles. The van der Waals surface area contributed by atoms with Gasteiger partial charge in [-0.2, -0.15) is 10.5 Å². The summed E-state index contributed by atoms with van der Waals surface area (Å²) >= 11 is 14.5. The third kappa shape index (κ3) is 2.90. The normalized spacial score (nSPS) is 43.7.